The maximum atomic E-state index is 4.58. The SMILES string of the molecule is Cc1cc(C)nc(N(C)C2CCc3ccccc3C2)n1. The number of hydrogen-bond donors (Lipinski definition) is 0. The molecule has 1 aromatic carbocycles. The van der Waals surface area contributed by atoms with E-state index in [-0.39, 0.29) is 0 Å². The number of aromatic nitrogens is 2. The highest BCUT2D eigenvalue weighted by atomic mass is 15.3. The van der Waals surface area contributed by atoms with E-state index in [4.69, 9.17) is 0 Å². The number of fused-ring (bicyclic) bond motifs is 1. The molecule has 1 aromatic heterocycles. The Morgan fingerprint density at radius 1 is 1.05 bits per heavy atom. The lowest BCUT2D eigenvalue weighted by atomic mass is 9.88. The van der Waals surface area contributed by atoms with E-state index in [0.29, 0.717) is 6.04 Å². The molecule has 0 saturated carbocycles. The van der Waals surface area contributed by atoms with Crippen LogP contribution >= 0.6 is 0 Å². The van der Waals surface area contributed by atoms with E-state index in [1.54, 1.807) is 0 Å². The molecule has 0 aliphatic heterocycles. The van der Waals surface area contributed by atoms with Crippen molar-refractivity contribution >= 4 is 5.95 Å². The van der Waals surface area contributed by atoms with Gasteiger partial charge < -0.3 is 4.90 Å². The fourth-order valence-electron chi connectivity index (χ4n) is 3.04. The highest BCUT2D eigenvalue weighted by Crippen LogP contribution is 2.25. The third-order valence-corrected chi connectivity index (χ3v) is 4.15. The average molecular weight is 267 g/mol. The summed E-state index contributed by atoms with van der Waals surface area (Å²) in [6.45, 7) is 4.06. The van der Waals surface area contributed by atoms with Crippen molar-refractivity contribution in [3.8, 4) is 0 Å². The third-order valence-electron chi connectivity index (χ3n) is 4.15. The molecule has 0 bridgehead atoms. The quantitative estimate of drug-likeness (QED) is 0.837. The van der Waals surface area contributed by atoms with Crippen LogP contribution in [0.2, 0.25) is 0 Å². The second-order valence-corrected chi connectivity index (χ2v) is 5.73. The molecule has 0 fully saturated rings. The molecular formula is C17H21N3. The molecule has 104 valence electrons. The Bertz CT molecular complexity index is 601. The normalized spacial score (nSPS) is 17.6. The number of anilines is 1. The maximum absolute atomic E-state index is 4.58. The lowest BCUT2D eigenvalue weighted by molar-refractivity contribution is 0.539. The van der Waals surface area contributed by atoms with Crippen LogP contribution in [0.4, 0.5) is 5.95 Å². The van der Waals surface area contributed by atoms with Gasteiger partial charge in [0.15, 0.2) is 0 Å². The van der Waals surface area contributed by atoms with Crippen molar-refractivity contribution in [3.05, 3.63) is 52.8 Å². The number of rotatable bonds is 2. The van der Waals surface area contributed by atoms with Gasteiger partial charge in [-0.15, -0.1) is 0 Å². The van der Waals surface area contributed by atoms with Crippen molar-refractivity contribution in [2.45, 2.75) is 39.2 Å². The van der Waals surface area contributed by atoms with Crippen LogP contribution in [0.1, 0.15) is 28.9 Å². The highest BCUT2D eigenvalue weighted by molar-refractivity contribution is 5.37. The van der Waals surface area contributed by atoms with Crippen LogP contribution in [0.25, 0.3) is 0 Å². The van der Waals surface area contributed by atoms with Gasteiger partial charge in [0.2, 0.25) is 5.95 Å². The minimum absolute atomic E-state index is 0.492. The van der Waals surface area contributed by atoms with Crippen LogP contribution in [-0.4, -0.2) is 23.1 Å². The van der Waals surface area contributed by atoms with Crippen molar-refractivity contribution in [1.29, 1.82) is 0 Å². The molecule has 3 rings (SSSR count). The third kappa shape index (κ3) is 2.53. The molecule has 2 aromatic rings. The Morgan fingerprint density at radius 2 is 1.70 bits per heavy atom. The summed E-state index contributed by atoms with van der Waals surface area (Å²) in [7, 11) is 2.12. The molecule has 0 N–H and O–H groups in total. The molecule has 1 unspecified atom stereocenters. The predicted molar refractivity (Wildman–Crippen MR) is 82.2 cm³/mol. The van der Waals surface area contributed by atoms with E-state index in [9.17, 15) is 0 Å². The fraction of sp³-hybridized carbons (Fsp3) is 0.412. The first-order valence-electron chi connectivity index (χ1n) is 7.25. The predicted octanol–water partition coefficient (Wildman–Crippen LogP) is 3.09. The van der Waals surface area contributed by atoms with Crippen LogP contribution in [0.5, 0.6) is 0 Å². The molecule has 0 spiro atoms. The van der Waals surface area contributed by atoms with Crippen LogP contribution < -0.4 is 4.90 Å². The zero-order valence-corrected chi connectivity index (χ0v) is 12.4. The summed E-state index contributed by atoms with van der Waals surface area (Å²) < 4.78 is 0. The van der Waals surface area contributed by atoms with Gasteiger partial charge in [0.25, 0.3) is 0 Å². The monoisotopic (exact) mass is 267 g/mol. The average Bonchev–Trinajstić information content (AvgIpc) is 2.45. The molecule has 1 atom stereocenters. The van der Waals surface area contributed by atoms with E-state index >= 15 is 0 Å². The van der Waals surface area contributed by atoms with Crippen molar-refractivity contribution in [3.63, 3.8) is 0 Å². The van der Waals surface area contributed by atoms with Crippen LogP contribution in [0.3, 0.4) is 0 Å². The molecular weight excluding hydrogens is 246 g/mol. The van der Waals surface area contributed by atoms with E-state index in [1.165, 1.54) is 17.5 Å². The molecule has 1 aliphatic carbocycles. The number of likely N-dealkylation sites (N-methyl/N-ethyl adjacent to an activating group) is 1. The second-order valence-electron chi connectivity index (χ2n) is 5.73. The first-order valence-corrected chi connectivity index (χ1v) is 7.25. The van der Waals surface area contributed by atoms with E-state index < -0.39 is 0 Å². The summed E-state index contributed by atoms with van der Waals surface area (Å²) in [5, 5.41) is 0. The zero-order valence-electron chi connectivity index (χ0n) is 12.4. The minimum atomic E-state index is 0.492. The zero-order chi connectivity index (χ0) is 14.1. The minimum Gasteiger partial charge on any atom is -0.341 e. The van der Waals surface area contributed by atoms with Gasteiger partial charge >= 0.3 is 0 Å². The van der Waals surface area contributed by atoms with Crippen molar-refractivity contribution < 1.29 is 0 Å². The lowest BCUT2D eigenvalue weighted by Crippen LogP contribution is -2.37. The first-order chi connectivity index (χ1) is 9.63. The van der Waals surface area contributed by atoms with Crippen LogP contribution in [0.15, 0.2) is 30.3 Å². The van der Waals surface area contributed by atoms with Gasteiger partial charge in [-0.05, 0) is 50.3 Å². The van der Waals surface area contributed by atoms with Gasteiger partial charge in [-0.3, -0.25) is 0 Å². The number of aryl methyl sites for hydroxylation is 3. The van der Waals surface area contributed by atoms with Crippen LogP contribution in [-0.2, 0) is 12.8 Å². The Hall–Kier alpha value is -1.90. The van der Waals surface area contributed by atoms with E-state index in [1.807, 2.05) is 19.9 Å². The number of hydrogen-bond acceptors (Lipinski definition) is 3. The highest BCUT2D eigenvalue weighted by Gasteiger charge is 2.23. The van der Waals surface area contributed by atoms with Gasteiger partial charge in [0, 0.05) is 24.5 Å². The van der Waals surface area contributed by atoms with E-state index in [2.05, 4.69) is 46.2 Å². The molecule has 0 saturated heterocycles. The summed E-state index contributed by atoms with van der Waals surface area (Å²) in [6, 6.07) is 11.3. The summed E-state index contributed by atoms with van der Waals surface area (Å²) in [5.41, 5.74) is 5.05. The first kappa shape index (κ1) is 13.1. The number of benzene rings is 1. The van der Waals surface area contributed by atoms with Gasteiger partial charge in [-0.1, -0.05) is 24.3 Å². The van der Waals surface area contributed by atoms with Gasteiger partial charge in [0.1, 0.15) is 0 Å². The lowest BCUT2D eigenvalue weighted by Gasteiger charge is -2.32. The smallest absolute Gasteiger partial charge is 0.225 e. The van der Waals surface area contributed by atoms with Crippen molar-refractivity contribution in [1.82, 2.24) is 9.97 Å². The molecule has 1 heterocycles. The molecule has 0 radical (unpaired) electrons. The Labute approximate surface area is 120 Å². The fourth-order valence-corrected chi connectivity index (χ4v) is 3.04. The van der Waals surface area contributed by atoms with Crippen molar-refractivity contribution in [2.24, 2.45) is 0 Å². The van der Waals surface area contributed by atoms with Gasteiger partial charge in [0.05, 0.1) is 0 Å². The largest absolute Gasteiger partial charge is 0.341 e. The summed E-state index contributed by atoms with van der Waals surface area (Å²) in [4.78, 5) is 11.4. The Morgan fingerprint density at radius 3 is 2.40 bits per heavy atom. The summed E-state index contributed by atoms with van der Waals surface area (Å²) >= 11 is 0. The summed E-state index contributed by atoms with van der Waals surface area (Å²) in [5.74, 6) is 0.854. The van der Waals surface area contributed by atoms with E-state index in [0.717, 1.165) is 30.2 Å². The van der Waals surface area contributed by atoms with Gasteiger partial charge in [-0.2, -0.15) is 0 Å². The topological polar surface area (TPSA) is 29.0 Å². The molecule has 20 heavy (non-hydrogen) atoms. The number of nitrogens with zero attached hydrogens (tertiary/aromatic N) is 3. The van der Waals surface area contributed by atoms with Crippen molar-refractivity contribution in [2.75, 3.05) is 11.9 Å². The molecule has 3 nitrogen and oxygen atoms in total. The Balaban J connectivity index is 1.83. The standard InChI is InChI=1S/C17H21N3/c1-12-10-13(2)19-17(18-12)20(3)16-9-8-14-6-4-5-7-15(14)11-16/h4-7,10,16H,8-9,11H2,1-3H3. The Kier molecular flexibility index (Phi) is 3.43. The maximum Gasteiger partial charge on any atom is 0.225 e. The van der Waals surface area contributed by atoms with Gasteiger partial charge in [-0.25, -0.2) is 9.97 Å². The molecule has 1 aliphatic rings. The molecule has 3 heteroatoms. The summed E-state index contributed by atoms with van der Waals surface area (Å²) in [6.07, 6.45) is 3.41. The van der Waals surface area contributed by atoms with Crippen LogP contribution in [0, 0.1) is 13.8 Å². The second kappa shape index (κ2) is 5.23. The molecule has 0 amide bonds.